The van der Waals surface area contributed by atoms with E-state index in [1.165, 1.54) is 16.5 Å². The van der Waals surface area contributed by atoms with Crippen LogP contribution in [0.5, 0.6) is 0 Å². The third-order valence-corrected chi connectivity index (χ3v) is 6.40. The predicted octanol–water partition coefficient (Wildman–Crippen LogP) is 4.87. The van der Waals surface area contributed by atoms with E-state index >= 15 is 0 Å². The van der Waals surface area contributed by atoms with Crippen molar-refractivity contribution in [1.82, 2.24) is 14.6 Å². The standard InChI is InChI=1S/C22H22F4N4O/c1-2-4-18-27-28-20-19(22(24,25)26)17(7-10-30(18)20)29-11-8-21(9-12-29)15-5-3-6-16(23)14(15)13-31-21/h3,5-7,10H,2,4,8-9,11-13H2,1H3. The normalized spacial score (nSPS) is 18.2. The largest absolute Gasteiger partial charge is 0.422 e. The van der Waals surface area contributed by atoms with E-state index in [4.69, 9.17) is 4.74 Å². The molecule has 164 valence electrons. The van der Waals surface area contributed by atoms with Gasteiger partial charge in [0.2, 0.25) is 0 Å². The summed E-state index contributed by atoms with van der Waals surface area (Å²) in [5, 5.41) is 7.85. The van der Waals surface area contributed by atoms with Crippen molar-refractivity contribution in [2.24, 2.45) is 0 Å². The minimum atomic E-state index is -4.57. The van der Waals surface area contributed by atoms with Crippen molar-refractivity contribution in [3.8, 4) is 0 Å². The average molecular weight is 434 g/mol. The van der Waals surface area contributed by atoms with Crippen LogP contribution >= 0.6 is 0 Å². The Hall–Kier alpha value is -2.68. The number of hydrogen-bond donors (Lipinski definition) is 0. The smallest absolute Gasteiger partial charge is 0.371 e. The molecular weight excluding hydrogens is 412 g/mol. The second-order valence-corrected chi connectivity index (χ2v) is 8.17. The van der Waals surface area contributed by atoms with E-state index in [0.717, 1.165) is 12.0 Å². The Bertz CT molecular complexity index is 1130. The number of hydrogen-bond acceptors (Lipinski definition) is 4. The maximum atomic E-state index is 14.1. The van der Waals surface area contributed by atoms with Crippen LogP contribution in [0.1, 0.15) is 48.7 Å². The van der Waals surface area contributed by atoms with Crippen LogP contribution in [0.4, 0.5) is 23.2 Å². The second-order valence-electron chi connectivity index (χ2n) is 8.17. The number of benzene rings is 1. The van der Waals surface area contributed by atoms with Gasteiger partial charge in [-0.2, -0.15) is 13.2 Å². The van der Waals surface area contributed by atoms with Gasteiger partial charge < -0.3 is 9.64 Å². The van der Waals surface area contributed by atoms with E-state index in [9.17, 15) is 17.6 Å². The zero-order valence-corrected chi connectivity index (χ0v) is 17.0. The van der Waals surface area contributed by atoms with Crippen LogP contribution in [0.15, 0.2) is 30.5 Å². The van der Waals surface area contributed by atoms with Crippen molar-refractivity contribution < 1.29 is 22.3 Å². The average Bonchev–Trinajstić information content (AvgIpc) is 3.31. The topological polar surface area (TPSA) is 42.7 Å². The van der Waals surface area contributed by atoms with Crippen LogP contribution < -0.4 is 4.90 Å². The highest BCUT2D eigenvalue weighted by Crippen LogP contribution is 2.47. The molecule has 9 heteroatoms. The lowest BCUT2D eigenvalue weighted by atomic mass is 9.83. The molecule has 1 spiro atoms. The fraction of sp³-hybridized carbons (Fsp3) is 0.455. The van der Waals surface area contributed by atoms with E-state index in [2.05, 4.69) is 10.2 Å². The quantitative estimate of drug-likeness (QED) is 0.552. The van der Waals surface area contributed by atoms with E-state index in [0.29, 0.717) is 43.7 Å². The Morgan fingerprint density at radius 2 is 1.90 bits per heavy atom. The van der Waals surface area contributed by atoms with Gasteiger partial charge >= 0.3 is 6.18 Å². The van der Waals surface area contributed by atoms with Crippen LogP contribution in [0.3, 0.4) is 0 Å². The van der Waals surface area contributed by atoms with Crippen molar-refractivity contribution in [2.45, 2.75) is 51.0 Å². The molecule has 0 bridgehead atoms. The van der Waals surface area contributed by atoms with E-state index in [-0.39, 0.29) is 23.8 Å². The summed E-state index contributed by atoms with van der Waals surface area (Å²) >= 11 is 0. The molecule has 2 aliphatic heterocycles. The minimum absolute atomic E-state index is 0.0998. The first-order valence-corrected chi connectivity index (χ1v) is 10.4. The first-order valence-electron chi connectivity index (χ1n) is 10.4. The number of piperidine rings is 1. The Kier molecular flexibility index (Phi) is 4.69. The molecule has 1 fully saturated rings. The van der Waals surface area contributed by atoms with Gasteiger partial charge in [0.25, 0.3) is 0 Å². The maximum Gasteiger partial charge on any atom is 0.422 e. The number of halogens is 4. The van der Waals surface area contributed by atoms with Gasteiger partial charge in [0.1, 0.15) is 17.2 Å². The van der Waals surface area contributed by atoms with Crippen molar-refractivity contribution in [1.29, 1.82) is 0 Å². The van der Waals surface area contributed by atoms with Gasteiger partial charge in [-0.05, 0) is 37.0 Å². The summed E-state index contributed by atoms with van der Waals surface area (Å²) in [6.45, 7) is 2.87. The lowest BCUT2D eigenvalue weighted by molar-refractivity contribution is -0.136. The van der Waals surface area contributed by atoms with Gasteiger partial charge in [-0.15, -0.1) is 10.2 Å². The number of fused-ring (bicyclic) bond motifs is 3. The van der Waals surface area contributed by atoms with E-state index in [1.807, 2.05) is 13.0 Å². The fourth-order valence-corrected chi connectivity index (χ4v) is 4.87. The molecule has 2 aromatic heterocycles. The summed E-state index contributed by atoms with van der Waals surface area (Å²) in [4.78, 5) is 1.73. The monoisotopic (exact) mass is 434 g/mol. The number of nitrogens with zero attached hydrogens (tertiary/aromatic N) is 4. The molecule has 0 N–H and O–H groups in total. The molecule has 0 unspecified atom stereocenters. The molecule has 2 aliphatic rings. The Labute approximate surface area is 176 Å². The predicted molar refractivity (Wildman–Crippen MR) is 106 cm³/mol. The van der Waals surface area contributed by atoms with Crippen LogP contribution in [0.25, 0.3) is 5.65 Å². The zero-order valence-electron chi connectivity index (χ0n) is 17.0. The molecule has 5 nitrogen and oxygen atoms in total. The number of anilines is 1. The number of ether oxygens (including phenoxy) is 1. The molecule has 0 saturated carbocycles. The molecule has 1 aromatic carbocycles. The molecule has 31 heavy (non-hydrogen) atoms. The van der Waals surface area contributed by atoms with Gasteiger partial charge in [-0.1, -0.05) is 19.1 Å². The highest BCUT2D eigenvalue weighted by Gasteiger charge is 2.45. The molecule has 1 saturated heterocycles. The molecule has 0 aliphatic carbocycles. The van der Waals surface area contributed by atoms with E-state index in [1.54, 1.807) is 17.2 Å². The number of alkyl halides is 3. The van der Waals surface area contributed by atoms with Crippen molar-refractivity contribution in [3.05, 3.63) is 58.8 Å². The zero-order chi connectivity index (χ0) is 21.8. The summed E-state index contributed by atoms with van der Waals surface area (Å²) in [5.74, 6) is 0.224. The number of aryl methyl sites for hydroxylation is 1. The molecule has 5 rings (SSSR count). The molecule has 0 amide bonds. The number of rotatable bonds is 3. The summed E-state index contributed by atoms with van der Waals surface area (Å²) < 4.78 is 63.8. The first-order chi connectivity index (χ1) is 14.8. The van der Waals surface area contributed by atoms with Crippen LogP contribution in [0.2, 0.25) is 0 Å². The van der Waals surface area contributed by atoms with Gasteiger partial charge in [-0.25, -0.2) is 4.39 Å². The van der Waals surface area contributed by atoms with Crippen LogP contribution in [-0.4, -0.2) is 27.7 Å². The second kappa shape index (κ2) is 7.19. The van der Waals surface area contributed by atoms with Gasteiger partial charge in [0.05, 0.1) is 17.9 Å². The van der Waals surface area contributed by atoms with Gasteiger partial charge in [-0.3, -0.25) is 4.40 Å². The third kappa shape index (κ3) is 3.17. The SMILES string of the molecule is CCCc1nnc2c(C(F)(F)F)c(N3CCC4(CC3)OCc3c(F)cccc34)ccn12. The Morgan fingerprint density at radius 3 is 2.61 bits per heavy atom. The molecule has 0 radical (unpaired) electrons. The number of pyridine rings is 1. The summed E-state index contributed by atoms with van der Waals surface area (Å²) in [7, 11) is 0. The molecule has 4 heterocycles. The van der Waals surface area contributed by atoms with Crippen molar-refractivity contribution in [2.75, 3.05) is 18.0 Å². The Balaban J connectivity index is 1.49. The third-order valence-electron chi connectivity index (χ3n) is 6.40. The first kappa shape index (κ1) is 20.2. The lowest BCUT2D eigenvalue weighted by Gasteiger charge is -2.41. The lowest BCUT2D eigenvalue weighted by Crippen LogP contribution is -2.43. The molecule has 3 aromatic rings. The van der Waals surface area contributed by atoms with Gasteiger partial charge in [0, 0.05) is 31.3 Å². The van der Waals surface area contributed by atoms with Crippen molar-refractivity contribution in [3.63, 3.8) is 0 Å². The Morgan fingerprint density at radius 1 is 1.13 bits per heavy atom. The number of aromatic nitrogens is 3. The highest BCUT2D eigenvalue weighted by atomic mass is 19.4. The highest BCUT2D eigenvalue weighted by molar-refractivity contribution is 5.67. The van der Waals surface area contributed by atoms with E-state index < -0.39 is 17.3 Å². The maximum absolute atomic E-state index is 14.1. The summed E-state index contributed by atoms with van der Waals surface area (Å²) in [5.41, 5.74) is -0.0965. The van der Waals surface area contributed by atoms with Gasteiger partial charge in [0.15, 0.2) is 5.65 Å². The van der Waals surface area contributed by atoms with Crippen LogP contribution in [0, 0.1) is 5.82 Å². The van der Waals surface area contributed by atoms with Crippen molar-refractivity contribution >= 4 is 11.3 Å². The molecular formula is C22H22F4N4O. The molecule has 0 atom stereocenters. The minimum Gasteiger partial charge on any atom is -0.371 e. The summed E-state index contributed by atoms with van der Waals surface area (Å²) in [6.07, 6.45) is -0.661. The summed E-state index contributed by atoms with van der Waals surface area (Å²) in [6, 6.07) is 6.43. The van der Waals surface area contributed by atoms with Crippen LogP contribution in [-0.2, 0) is 29.5 Å². The fourth-order valence-electron chi connectivity index (χ4n) is 4.87.